The van der Waals surface area contributed by atoms with Crippen molar-refractivity contribution in [3.63, 3.8) is 0 Å². The second kappa shape index (κ2) is 8.58. The second-order valence-corrected chi connectivity index (χ2v) is 7.98. The van der Waals surface area contributed by atoms with Gasteiger partial charge in [0.15, 0.2) is 5.11 Å². The summed E-state index contributed by atoms with van der Waals surface area (Å²) in [7, 11) is 0. The quantitative estimate of drug-likeness (QED) is 0.520. The Morgan fingerprint density at radius 1 is 1.17 bits per heavy atom. The average molecular weight is 439 g/mol. The van der Waals surface area contributed by atoms with Crippen molar-refractivity contribution in [1.82, 2.24) is 20.4 Å². The van der Waals surface area contributed by atoms with E-state index in [2.05, 4.69) is 48.6 Å². The zero-order valence-corrected chi connectivity index (χ0v) is 18.7. The van der Waals surface area contributed by atoms with Crippen LogP contribution in [0.15, 0.2) is 58.8 Å². The smallest absolute Gasteiger partial charge is 0.258 e. The van der Waals surface area contributed by atoms with Crippen molar-refractivity contribution in [2.24, 2.45) is 0 Å². The van der Waals surface area contributed by atoms with Gasteiger partial charge in [-0.15, -0.1) is 0 Å². The van der Waals surface area contributed by atoms with Gasteiger partial charge in [-0.05, 0) is 55.7 Å². The van der Waals surface area contributed by atoms with Crippen LogP contribution in [0.2, 0.25) is 5.02 Å². The van der Waals surface area contributed by atoms with E-state index in [0.29, 0.717) is 21.9 Å². The number of hydrogen-bond acceptors (Lipinski definition) is 4. The maximum atomic E-state index is 6.13. The maximum Gasteiger partial charge on any atom is 0.258 e. The van der Waals surface area contributed by atoms with Gasteiger partial charge in [0.05, 0.1) is 11.6 Å². The first-order chi connectivity index (χ1) is 14.5. The first-order valence-electron chi connectivity index (χ1n) is 9.99. The summed E-state index contributed by atoms with van der Waals surface area (Å²) in [5.41, 5.74) is 5.13. The molecule has 1 atom stereocenters. The fourth-order valence-corrected chi connectivity index (χ4v) is 4.29. The normalized spacial score (nSPS) is 16.7. The van der Waals surface area contributed by atoms with Crippen LogP contribution in [0.3, 0.4) is 0 Å². The molecular formula is C23H23ClN4OS. The molecule has 0 saturated heterocycles. The van der Waals surface area contributed by atoms with Crippen molar-refractivity contribution in [3.8, 4) is 11.4 Å². The third-order valence-corrected chi connectivity index (χ3v) is 5.95. The minimum atomic E-state index is -0.168. The Balaban J connectivity index is 1.80. The van der Waals surface area contributed by atoms with Crippen molar-refractivity contribution in [3.05, 3.63) is 76.3 Å². The Morgan fingerprint density at radius 2 is 1.93 bits per heavy atom. The van der Waals surface area contributed by atoms with Gasteiger partial charge < -0.3 is 14.7 Å². The summed E-state index contributed by atoms with van der Waals surface area (Å²) >= 11 is 11.8. The average Bonchev–Trinajstić information content (AvgIpc) is 3.23. The summed E-state index contributed by atoms with van der Waals surface area (Å²) in [5, 5.41) is 8.99. The van der Waals surface area contributed by atoms with Crippen LogP contribution in [0.4, 0.5) is 0 Å². The summed E-state index contributed by atoms with van der Waals surface area (Å²) in [6.45, 7) is 7.00. The number of thiocarbonyl (C=S) groups is 1. The van der Waals surface area contributed by atoms with E-state index in [1.165, 1.54) is 5.56 Å². The van der Waals surface area contributed by atoms with Gasteiger partial charge in [-0.3, -0.25) is 0 Å². The summed E-state index contributed by atoms with van der Waals surface area (Å²) in [6.07, 6.45) is 0.995. The molecule has 3 aromatic rings. The molecule has 0 fully saturated rings. The van der Waals surface area contributed by atoms with Gasteiger partial charge in [0.2, 0.25) is 5.82 Å². The molecule has 0 radical (unpaired) electrons. The van der Waals surface area contributed by atoms with E-state index >= 15 is 0 Å². The minimum Gasteiger partial charge on any atom is -0.351 e. The van der Waals surface area contributed by atoms with Gasteiger partial charge in [-0.25, -0.2) is 0 Å². The van der Waals surface area contributed by atoms with E-state index in [9.17, 15) is 0 Å². The molecule has 0 amide bonds. The molecule has 1 aromatic heterocycles. The Morgan fingerprint density at radius 3 is 2.60 bits per heavy atom. The summed E-state index contributed by atoms with van der Waals surface area (Å²) in [5.74, 6) is 0.976. The van der Waals surface area contributed by atoms with Gasteiger partial charge >= 0.3 is 0 Å². The molecule has 30 heavy (non-hydrogen) atoms. The standard InChI is InChI=1S/C23H23ClN4OS/c1-4-15-9-11-16(12-10-15)20-19(14(3)28(5-2)23(30)25-20)22-26-21(27-29-22)17-7-6-8-18(24)13-17/h6-13,20H,4-5H2,1-3H3,(H,25,30). The highest BCUT2D eigenvalue weighted by Crippen LogP contribution is 2.37. The molecule has 7 heteroatoms. The largest absolute Gasteiger partial charge is 0.351 e. The molecule has 0 spiro atoms. The lowest BCUT2D eigenvalue weighted by Gasteiger charge is -2.36. The highest BCUT2D eigenvalue weighted by molar-refractivity contribution is 7.80. The predicted octanol–water partition coefficient (Wildman–Crippen LogP) is 5.63. The first kappa shape index (κ1) is 20.6. The molecular weight excluding hydrogens is 416 g/mol. The van der Waals surface area contributed by atoms with Gasteiger partial charge in [-0.1, -0.05) is 60.1 Å². The molecule has 0 aliphatic carbocycles. The zero-order valence-electron chi connectivity index (χ0n) is 17.1. The predicted molar refractivity (Wildman–Crippen MR) is 124 cm³/mol. The molecule has 1 N–H and O–H groups in total. The number of nitrogens with zero attached hydrogens (tertiary/aromatic N) is 3. The Hall–Kier alpha value is -2.70. The lowest BCUT2D eigenvalue weighted by molar-refractivity contribution is 0.398. The molecule has 1 unspecified atom stereocenters. The topological polar surface area (TPSA) is 54.2 Å². The number of aromatic nitrogens is 2. The summed E-state index contributed by atoms with van der Waals surface area (Å²) < 4.78 is 5.72. The molecule has 2 aromatic carbocycles. The van der Waals surface area contributed by atoms with Crippen LogP contribution in [0.1, 0.15) is 43.8 Å². The first-order valence-corrected chi connectivity index (χ1v) is 10.8. The lowest BCUT2D eigenvalue weighted by Crippen LogP contribution is -2.45. The Labute approximate surface area is 186 Å². The number of halogens is 1. The molecule has 2 heterocycles. The van der Waals surface area contributed by atoms with Crippen molar-refractivity contribution in [1.29, 1.82) is 0 Å². The van der Waals surface area contributed by atoms with E-state index in [1.54, 1.807) is 0 Å². The molecule has 154 valence electrons. The van der Waals surface area contributed by atoms with E-state index < -0.39 is 0 Å². The third kappa shape index (κ3) is 3.85. The number of hydrogen-bond donors (Lipinski definition) is 1. The zero-order chi connectivity index (χ0) is 21.3. The van der Waals surface area contributed by atoms with Crippen LogP contribution >= 0.6 is 23.8 Å². The molecule has 0 saturated carbocycles. The van der Waals surface area contributed by atoms with Gasteiger partial charge in [0, 0.05) is 22.8 Å². The molecule has 1 aliphatic rings. The maximum absolute atomic E-state index is 6.13. The Bertz CT molecular complexity index is 1110. The number of allylic oxidation sites excluding steroid dienone is 1. The molecule has 5 nitrogen and oxygen atoms in total. The van der Waals surface area contributed by atoms with Gasteiger partial charge in [0.25, 0.3) is 5.89 Å². The monoisotopic (exact) mass is 438 g/mol. The van der Waals surface area contributed by atoms with Crippen LogP contribution in [0.5, 0.6) is 0 Å². The van der Waals surface area contributed by atoms with Crippen LogP contribution < -0.4 is 5.32 Å². The van der Waals surface area contributed by atoms with E-state index in [4.69, 9.17) is 33.3 Å². The summed E-state index contributed by atoms with van der Waals surface area (Å²) in [6, 6.07) is 15.8. The fraction of sp³-hybridized carbons (Fsp3) is 0.261. The van der Waals surface area contributed by atoms with Gasteiger partial charge in [0.1, 0.15) is 0 Å². The van der Waals surface area contributed by atoms with E-state index in [-0.39, 0.29) is 6.04 Å². The van der Waals surface area contributed by atoms with Crippen molar-refractivity contribution in [2.75, 3.05) is 6.54 Å². The Kier molecular flexibility index (Phi) is 5.88. The van der Waals surface area contributed by atoms with E-state index in [0.717, 1.165) is 35.4 Å². The van der Waals surface area contributed by atoms with Crippen LogP contribution in [-0.4, -0.2) is 26.7 Å². The summed E-state index contributed by atoms with van der Waals surface area (Å²) in [4.78, 5) is 6.74. The minimum absolute atomic E-state index is 0.168. The lowest BCUT2D eigenvalue weighted by atomic mass is 9.94. The molecule has 0 bridgehead atoms. The van der Waals surface area contributed by atoms with Crippen LogP contribution in [0.25, 0.3) is 17.0 Å². The highest BCUT2D eigenvalue weighted by atomic mass is 35.5. The van der Waals surface area contributed by atoms with Gasteiger partial charge in [-0.2, -0.15) is 4.98 Å². The number of rotatable bonds is 5. The van der Waals surface area contributed by atoms with Crippen molar-refractivity contribution in [2.45, 2.75) is 33.2 Å². The number of aryl methyl sites for hydroxylation is 1. The molecule has 1 aliphatic heterocycles. The number of nitrogens with one attached hydrogen (secondary N) is 1. The SMILES string of the molecule is CCc1ccc(C2NC(=S)N(CC)C(C)=C2c2nc(-c3cccc(Cl)c3)no2)cc1. The van der Waals surface area contributed by atoms with Crippen molar-refractivity contribution >= 4 is 34.5 Å². The van der Waals surface area contributed by atoms with Crippen LogP contribution in [0, 0.1) is 0 Å². The molecule has 4 rings (SSSR count). The second-order valence-electron chi connectivity index (χ2n) is 7.15. The number of benzene rings is 2. The third-order valence-electron chi connectivity index (χ3n) is 5.37. The van der Waals surface area contributed by atoms with E-state index in [1.807, 2.05) is 36.1 Å². The van der Waals surface area contributed by atoms with Crippen LogP contribution in [-0.2, 0) is 6.42 Å². The highest BCUT2D eigenvalue weighted by Gasteiger charge is 2.33. The fourth-order valence-electron chi connectivity index (χ4n) is 3.71. The van der Waals surface area contributed by atoms with Crippen molar-refractivity contribution < 1.29 is 4.52 Å².